The van der Waals surface area contributed by atoms with Gasteiger partial charge in [-0.25, -0.2) is 0 Å². The molecule has 120 valence electrons. The Balaban J connectivity index is 1.65. The zero-order chi connectivity index (χ0) is 16.4. The molecule has 1 unspecified atom stereocenters. The summed E-state index contributed by atoms with van der Waals surface area (Å²) in [6, 6.07) is 9.55. The molecule has 0 fully saturated rings. The van der Waals surface area contributed by atoms with Crippen LogP contribution in [-0.4, -0.2) is 30.6 Å². The molecule has 2 amide bonds. The number of anilines is 1. The number of aromatic nitrogens is 1. The van der Waals surface area contributed by atoms with Crippen molar-refractivity contribution < 1.29 is 14.1 Å². The van der Waals surface area contributed by atoms with Gasteiger partial charge in [-0.3, -0.25) is 9.59 Å². The van der Waals surface area contributed by atoms with Crippen LogP contribution in [0.3, 0.4) is 0 Å². The summed E-state index contributed by atoms with van der Waals surface area (Å²) >= 11 is 0. The topological polar surface area (TPSA) is 75.4 Å². The number of rotatable bonds is 4. The summed E-state index contributed by atoms with van der Waals surface area (Å²) in [7, 11) is 1.78. The van der Waals surface area contributed by atoms with Crippen LogP contribution in [0.25, 0.3) is 0 Å². The van der Waals surface area contributed by atoms with E-state index >= 15 is 0 Å². The summed E-state index contributed by atoms with van der Waals surface area (Å²) < 4.78 is 5.04. The molecule has 0 saturated heterocycles. The normalized spacial score (nSPS) is 17.0. The van der Waals surface area contributed by atoms with Crippen molar-refractivity contribution in [1.29, 1.82) is 0 Å². The minimum atomic E-state index is -0.134. The van der Waals surface area contributed by atoms with E-state index in [1.807, 2.05) is 31.2 Å². The fraction of sp³-hybridized carbons (Fsp3) is 0.353. The van der Waals surface area contributed by atoms with Crippen molar-refractivity contribution >= 4 is 17.5 Å². The van der Waals surface area contributed by atoms with E-state index in [0.717, 1.165) is 16.9 Å². The van der Waals surface area contributed by atoms with Gasteiger partial charge in [0.05, 0.1) is 12.1 Å². The summed E-state index contributed by atoms with van der Waals surface area (Å²) in [5.74, 6) is 0.467. The van der Waals surface area contributed by atoms with Crippen molar-refractivity contribution in [2.24, 2.45) is 0 Å². The van der Waals surface area contributed by atoms with Crippen LogP contribution in [0.15, 0.2) is 34.9 Å². The zero-order valence-corrected chi connectivity index (χ0v) is 13.2. The van der Waals surface area contributed by atoms with E-state index in [1.54, 1.807) is 18.0 Å². The molecule has 6 nitrogen and oxygen atoms in total. The lowest BCUT2D eigenvalue weighted by atomic mass is 9.89. The van der Waals surface area contributed by atoms with Crippen LogP contribution in [0.1, 0.15) is 29.4 Å². The lowest BCUT2D eigenvalue weighted by Crippen LogP contribution is -2.38. The number of hydrogen-bond acceptors (Lipinski definition) is 4. The molecule has 1 aliphatic heterocycles. The molecule has 6 heteroatoms. The van der Waals surface area contributed by atoms with Gasteiger partial charge in [0, 0.05) is 37.7 Å². The zero-order valence-electron chi connectivity index (χ0n) is 13.2. The van der Waals surface area contributed by atoms with Gasteiger partial charge in [-0.05, 0) is 18.6 Å². The molecule has 1 N–H and O–H groups in total. The summed E-state index contributed by atoms with van der Waals surface area (Å²) in [6.07, 6.45) is 0.554. The maximum atomic E-state index is 12.1. The molecule has 3 rings (SSSR count). The molecule has 1 aliphatic rings. The monoisotopic (exact) mass is 313 g/mol. The van der Waals surface area contributed by atoms with Gasteiger partial charge in [0.15, 0.2) is 0 Å². The van der Waals surface area contributed by atoms with Crippen LogP contribution in [-0.2, 0) is 16.0 Å². The smallest absolute Gasteiger partial charge is 0.227 e. The van der Waals surface area contributed by atoms with Crippen LogP contribution >= 0.6 is 0 Å². The van der Waals surface area contributed by atoms with Crippen LogP contribution in [0.5, 0.6) is 0 Å². The molecule has 1 aromatic heterocycles. The molecule has 0 radical (unpaired) electrons. The summed E-state index contributed by atoms with van der Waals surface area (Å²) in [5.41, 5.74) is 2.75. The van der Waals surface area contributed by atoms with Gasteiger partial charge < -0.3 is 14.7 Å². The molecule has 0 aliphatic carbocycles. The SMILES string of the molecule is Cc1cc(CC(=O)NCC2CC(=O)N(C)c3ccccc32)on1. The molecule has 0 bridgehead atoms. The summed E-state index contributed by atoms with van der Waals surface area (Å²) in [5, 5.41) is 6.65. The first-order valence-corrected chi connectivity index (χ1v) is 7.59. The second-order valence-electron chi connectivity index (χ2n) is 5.83. The number of nitrogens with zero attached hydrogens (tertiary/aromatic N) is 2. The Morgan fingerprint density at radius 1 is 1.43 bits per heavy atom. The van der Waals surface area contributed by atoms with Gasteiger partial charge in [-0.1, -0.05) is 23.4 Å². The number of benzene rings is 1. The van der Waals surface area contributed by atoms with E-state index in [-0.39, 0.29) is 24.2 Å². The molecule has 1 aromatic carbocycles. The Labute approximate surface area is 134 Å². The number of aryl methyl sites for hydroxylation is 1. The molecular formula is C17H19N3O3. The number of amides is 2. The third-order valence-corrected chi connectivity index (χ3v) is 4.09. The fourth-order valence-electron chi connectivity index (χ4n) is 2.87. The first kappa shape index (κ1) is 15.3. The van der Waals surface area contributed by atoms with Gasteiger partial charge in [-0.2, -0.15) is 0 Å². The highest BCUT2D eigenvalue weighted by Crippen LogP contribution is 2.34. The average molecular weight is 313 g/mol. The Morgan fingerprint density at radius 2 is 2.22 bits per heavy atom. The Kier molecular flexibility index (Phi) is 4.14. The highest BCUT2D eigenvalue weighted by Gasteiger charge is 2.28. The van der Waals surface area contributed by atoms with E-state index in [1.165, 1.54) is 0 Å². The average Bonchev–Trinajstić information content (AvgIpc) is 2.94. The Bertz CT molecular complexity index is 738. The van der Waals surface area contributed by atoms with Crippen molar-refractivity contribution in [3.05, 3.63) is 47.3 Å². The summed E-state index contributed by atoms with van der Waals surface area (Å²) in [4.78, 5) is 25.8. The molecular weight excluding hydrogens is 294 g/mol. The van der Waals surface area contributed by atoms with Gasteiger partial charge in [0.25, 0.3) is 0 Å². The Morgan fingerprint density at radius 3 is 2.96 bits per heavy atom. The number of carbonyl (C=O) groups excluding carboxylic acids is 2. The van der Waals surface area contributed by atoms with Crippen LogP contribution < -0.4 is 10.2 Å². The number of para-hydroxylation sites is 1. The van der Waals surface area contributed by atoms with Crippen molar-refractivity contribution in [2.75, 3.05) is 18.5 Å². The van der Waals surface area contributed by atoms with Gasteiger partial charge in [-0.15, -0.1) is 0 Å². The second kappa shape index (κ2) is 6.24. The number of hydrogen-bond donors (Lipinski definition) is 1. The van der Waals surface area contributed by atoms with E-state index < -0.39 is 0 Å². The van der Waals surface area contributed by atoms with Crippen molar-refractivity contribution in [3.8, 4) is 0 Å². The van der Waals surface area contributed by atoms with Crippen LogP contribution in [0, 0.1) is 6.92 Å². The van der Waals surface area contributed by atoms with Crippen LogP contribution in [0.2, 0.25) is 0 Å². The van der Waals surface area contributed by atoms with E-state index in [9.17, 15) is 9.59 Å². The standard InChI is InChI=1S/C17H19N3O3/c1-11-7-13(23-19-11)9-16(21)18-10-12-8-17(22)20(2)15-6-4-3-5-14(12)15/h3-7,12H,8-10H2,1-2H3,(H,18,21). The largest absolute Gasteiger partial charge is 0.361 e. The van der Waals surface area contributed by atoms with E-state index in [0.29, 0.717) is 18.7 Å². The van der Waals surface area contributed by atoms with Crippen LogP contribution in [0.4, 0.5) is 5.69 Å². The lowest BCUT2D eigenvalue weighted by molar-refractivity contribution is -0.122. The van der Waals surface area contributed by atoms with E-state index in [4.69, 9.17) is 4.52 Å². The predicted octanol–water partition coefficient (Wildman–Crippen LogP) is 1.79. The molecule has 0 saturated carbocycles. The number of fused-ring (bicyclic) bond motifs is 1. The number of carbonyl (C=O) groups is 2. The van der Waals surface area contributed by atoms with Gasteiger partial charge in [0.1, 0.15) is 5.76 Å². The van der Waals surface area contributed by atoms with Crippen molar-refractivity contribution in [3.63, 3.8) is 0 Å². The molecule has 1 atom stereocenters. The maximum absolute atomic E-state index is 12.1. The Hall–Kier alpha value is -2.63. The molecule has 2 heterocycles. The van der Waals surface area contributed by atoms with Gasteiger partial charge in [0.2, 0.25) is 11.8 Å². The molecule has 0 spiro atoms. The van der Waals surface area contributed by atoms with Crippen molar-refractivity contribution in [1.82, 2.24) is 10.5 Å². The highest BCUT2D eigenvalue weighted by atomic mass is 16.5. The quantitative estimate of drug-likeness (QED) is 0.934. The predicted molar refractivity (Wildman–Crippen MR) is 85.2 cm³/mol. The second-order valence-corrected chi connectivity index (χ2v) is 5.83. The summed E-state index contributed by atoms with van der Waals surface area (Å²) in [6.45, 7) is 2.24. The fourth-order valence-corrected chi connectivity index (χ4v) is 2.87. The van der Waals surface area contributed by atoms with E-state index in [2.05, 4.69) is 10.5 Å². The first-order chi connectivity index (χ1) is 11.0. The minimum Gasteiger partial charge on any atom is -0.361 e. The van der Waals surface area contributed by atoms with Crippen molar-refractivity contribution in [2.45, 2.75) is 25.7 Å². The number of nitrogens with one attached hydrogen (secondary N) is 1. The highest BCUT2D eigenvalue weighted by molar-refractivity contribution is 5.96. The minimum absolute atomic E-state index is 0.00434. The third kappa shape index (κ3) is 3.26. The maximum Gasteiger partial charge on any atom is 0.227 e. The van der Waals surface area contributed by atoms with Gasteiger partial charge >= 0.3 is 0 Å². The molecule has 2 aromatic rings. The molecule has 23 heavy (non-hydrogen) atoms. The first-order valence-electron chi connectivity index (χ1n) is 7.59. The lowest BCUT2D eigenvalue weighted by Gasteiger charge is -2.31. The third-order valence-electron chi connectivity index (χ3n) is 4.09.